The molecule has 0 saturated carbocycles. The van der Waals surface area contributed by atoms with Gasteiger partial charge in [-0.3, -0.25) is 9.69 Å². The molecule has 2 aliphatic heterocycles. The Morgan fingerprint density at radius 1 is 0.886 bits per heavy atom. The van der Waals surface area contributed by atoms with Crippen LogP contribution < -0.4 is 9.47 Å². The van der Waals surface area contributed by atoms with Crippen LogP contribution in [0.3, 0.4) is 0 Å². The normalized spacial score (nSPS) is 19.6. The Bertz CT molecular complexity index is 1240. The lowest BCUT2D eigenvalue weighted by molar-refractivity contribution is -0.141. The van der Waals surface area contributed by atoms with E-state index in [1.807, 2.05) is 35.2 Å². The fourth-order valence-electron chi connectivity index (χ4n) is 5.39. The van der Waals surface area contributed by atoms with Crippen LogP contribution in [0.4, 0.5) is 4.39 Å². The van der Waals surface area contributed by atoms with Gasteiger partial charge in [0.05, 0.1) is 20.3 Å². The second-order valence-electron chi connectivity index (χ2n) is 9.48. The van der Waals surface area contributed by atoms with E-state index in [-0.39, 0.29) is 23.8 Å². The number of carbonyl (C=O) groups excluding carboxylic acids is 1. The van der Waals surface area contributed by atoms with Gasteiger partial charge >= 0.3 is 0 Å². The molecule has 0 radical (unpaired) electrons. The molecule has 2 heterocycles. The first kappa shape index (κ1) is 23.4. The number of benzene rings is 3. The largest absolute Gasteiger partial charge is 0.493 e. The molecule has 3 aromatic rings. The van der Waals surface area contributed by atoms with E-state index in [9.17, 15) is 9.18 Å². The van der Waals surface area contributed by atoms with Gasteiger partial charge in [0.25, 0.3) is 0 Å². The van der Waals surface area contributed by atoms with Crippen molar-refractivity contribution in [1.82, 2.24) is 9.80 Å². The second-order valence-corrected chi connectivity index (χ2v) is 9.48. The number of amides is 1. The molecule has 1 amide bonds. The summed E-state index contributed by atoms with van der Waals surface area (Å²) in [7, 11) is 3.26. The van der Waals surface area contributed by atoms with Crippen LogP contribution in [0.15, 0.2) is 60.7 Å². The first-order valence-electron chi connectivity index (χ1n) is 12.1. The van der Waals surface area contributed by atoms with Crippen molar-refractivity contribution in [2.75, 3.05) is 14.2 Å². The van der Waals surface area contributed by atoms with Gasteiger partial charge in [-0.1, -0.05) is 42.5 Å². The van der Waals surface area contributed by atoms with Gasteiger partial charge in [-0.2, -0.15) is 0 Å². The van der Waals surface area contributed by atoms with Crippen molar-refractivity contribution in [1.29, 1.82) is 0 Å². The SMILES string of the molecule is COc1cc2c(cc1OC)CN(C(=O)[C@@H]1Cc3ccccc3CN1Cc1ccccc1F)C(C)C2. The van der Waals surface area contributed by atoms with Crippen molar-refractivity contribution in [3.63, 3.8) is 0 Å². The summed E-state index contributed by atoms with van der Waals surface area (Å²) in [5.41, 5.74) is 5.25. The van der Waals surface area contributed by atoms with Crippen LogP contribution in [0.5, 0.6) is 11.5 Å². The van der Waals surface area contributed by atoms with Crippen LogP contribution in [0, 0.1) is 5.82 Å². The molecule has 35 heavy (non-hydrogen) atoms. The van der Waals surface area contributed by atoms with Crippen molar-refractivity contribution in [3.05, 3.63) is 94.3 Å². The van der Waals surface area contributed by atoms with Crippen molar-refractivity contribution in [2.45, 2.75) is 51.5 Å². The van der Waals surface area contributed by atoms with E-state index in [1.54, 1.807) is 26.4 Å². The van der Waals surface area contributed by atoms with Crippen molar-refractivity contribution in [2.24, 2.45) is 0 Å². The van der Waals surface area contributed by atoms with E-state index in [2.05, 4.69) is 24.0 Å². The Morgan fingerprint density at radius 3 is 2.26 bits per heavy atom. The minimum atomic E-state index is -0.353. The molecular formula is C29H31FN2O3. The van der Waals surface area contributed by atoms with Crippen molar-refractivity contribution >= 4 is 5.91 Å². The van der Waals surface area contributed by atoms with Crippen LogP contribution in [-0.2, 0) is 37.3 Å². The molecule has 2 atom stereocenters. The first-order valence-corrected chi connectivity index (χ1v) is 12.1. The predicted octanol–water partition coefficient (Wildman–Crippen LogP) is 4.74. The van der Waals surface area contributed by atoms with Crippen LogP contribution in [0.25, 0.3) is 0 Å². The standard InChI is InChI=1S/C29H31FN2O3/c1-19-12-23-14-27(34-2)28(35-3)15-24(23)18-32(19)29(33)26-13-20-8-4-5-9-21(20)16-31(26)17-22-10-6-7-11-25(22)30/h4-11,14-15,19,26H,12-13,16-18H2,1-3H3/t19?,26-/m0/s1. The van der Waals surface area contributed by atoms with Crippen LogP contribution in [0.2, 0.25) is 0 Å². The second kappa shape index (κ2) is 9.70. The lowest BCUT2D eigenvalue weighted by Crippen LogP contribution is -2.54. The predicted molar refractivity (Wildman–Crippen MR) is 133 cm³/mol. The summed E-state index contributed by atoms with van der Waals surface area (Å²) >= 11 is 0. The average Bonchev–Trinajstić information content (AvgIpc) is 2.88. The Kier molecular flexibility index (Phi) is 6.48. The monoisotopic (exact) mass is 474 g/mol. The zero-order chi connectivity index (χ0) is 24.5. The molecule has 5 rings (SSSR count). The summed E-state index contributed by atoms with van der Waals surface area (Å²) in [6, 6.07) is 18.8. The van der Waals surface area contributed by atoms with E-state index in [0.717, 1.165) is 12.0 Å². The number of hydrogen-bond acceptors (Lipinski definition) is 4. The highest BCUT2D eigenvalue weighted by atomic mass is 19.1. The summed E-state index contributed by atoms with van der Waals surface area (Å²) in [6.07, 6.45) is 1.36. The molecule has 0 bridgehead atoms. The lowest BCUT2D eigenvalue weighted by Gasteiger charge is -2.42. The third-order valence-corrected chi connectivity index (χ3v) is 7.34. The fourth-order valence-corrected chi connectivity index (χ4v) is 5.39. The number of methoxy groups -OCH3 is 2. The zero-order valence-corrected chi connectivity index (χ0v) is 20.5. The third kappa shape index (κ3) is 4.50. The highest BCUT2D eigenvalue weighted by Crippen LogP contribution is 2.36. The molecule has 182 valence electrons. The van der Waals surface area contributed by atoms with Gasteiger partial charge in [-0.05, 0) is 60.2 Å². The minimum Gasteiger partial charge on any atom is -0.493 e. The molecule has 3 aromatic carbocycles. The van der Waals surface area contributed by atoms with Gasteiger partial charge in [-0.15, -0.1) is 0 Å². The summed E-state index contributed by atoms with van der Waals surface area (Å²) in [5.74, 6) is 1.22. The average molecular weight is 475 g/mol. The van der Waals surface area contributed by atoms with Gasteiger partial charge in [0.15, 0.2) is 11.5 Å². The molecular weight excluding hydrogens is 443 g/mol. The molecule has 0 fully saturated rings. The van der Waals surface area contributed by atoms with Crippen molar-refractivity contribution < 1.29 is 18.7 Å². The maximum absolute atomic E-state index is 14.5. The first-order chi connectivity index (χ1) is 17.0. The molecule has 2 aliphatic rings. The Hall–Kier alpha value is -3.38. The highest BCUT2D eigenvalue weighted by Gasteiger charge is 2.38. The Morgan fingerprint density at radius 2 is 1.54 bits per heavy atom. The maximum atomic E-state index is 14.5. The lowest BCUT2D eigenvalue weighted by atomic mass is 9.90. The van der Waals surface area contributed by atoms with Crippen LogP contribution >= 0.6 is 0 Å². The summed E-state index contributed by atoms with van der Waals surface area (Å²) in [5, 5.41) is 0. The number of rotatable bonds is 5. The van der Waals surface area contributed by atoms with E-state index in [1.165, 1.54) is 22.8 Å². The number of ether oxygens (including phenoxy) is 2. The third-order valence-electron chi connectivity index (χ3n) is 7.34. The molecule has 0 aliphatic carbocycles. The van der Waals surface area contributed by atoms with E-state index in [4.69, 9.17) is 9.47 Å². The van der Waals surface area contributed by atoms with Crippen LogP contribution in [0.1, 0.15) is 34.7 Å². The zero-order valence-electron chi connectivity index (χ0n) is 20.5. The van der Waals surface area contributed by atoms with Crippen LogP contribution in [-0.4, -0.2) is 42.0 Å². The number of hydrogen-bond donors (Lipinski definition) is 0. The molecule has 0 saturated heterocycles. The summed E-state index contributed by atoms with van der Waals surface area (Å²) in [4.78, 5) is 18.2. The van der Waals surface area contributed by atoms with E-state index >= 15 is 0 Å². The van der Waals surface area contributed by atoms with Gasteiger partial charge in [0, 0.05) is 31.2 Å². The number of carbonyl (C=O) groups is 1. The Balaban J connectivity index is 1.45. The van der Waals surface area contributed by atoms with Gasteiger partial charge in [0.2, 0.25) is 5.91 Å². The maximum Gasteiger partial charge on any atom is 0.240 e. The highest BCUT2D eigenvalue weighted by molar-refractivity contribution is 5.83. The summed E-state index contributed by atoms with van der Waals surface area (Å²) < 4.78 is 25.5. The molecule has 0 spiro atoms. The Labute approximate surface area is 206 Å². The molecule has 0 aromatic heterocycles. The number of fused-ring (bicyclic) bond motifs is 2. The molecule has 1 unspecified atom stereocenters. The topological polar surface area (TPSA) is 42.0 Å². The van der Waals surface area contributed by atoms with Gasteiger partial charge in [0.1, 0.15) is 5.82 Å². The number of halogens is 1. The molecule has 6 heteroatoms. The van der Waals surface area contributed by atoms with Gasteiger partial charge < -0.3 is 14.4 Å². The van der Waals surface area contributed by atoms with E-state index in [0.29, 0.717) is 43.1 Å². The quantitative estimate of drug-likeness (QED) is 0.536. The minimum absolute atomic E-state index is 0.0422. The van der Waals surface area contributed by atoms with E-state index < -0.39 is 0 Å². The smallest absolute Gasteiger partial charge is 0.240 e. The molecule has 5 nitrogen and oxygen atoms in total. The van der Waals surface area contributed by atoms with Gasteiger partial charge in [-0.25, -0.2) is 4.39 Å². The molecule has 0 N–H and O–H groups in total. The van der Waals surface area contributed by atoms with Crippen molar-refractivity contribution in [3.8, 4) is 11.5 Å². The summed E-state index contributed by atoms with van der Waals surface area (Å²) in [6.45, 7) is 3.61. The fraction of sp³-hybridized carbons (Fsp3) is 0.345. The number of nitrogens with zero attached hydrogens (tertiary/aromatic N) is 2.